The summed E-state index contributed by atoms with van der Waals surface area (Å²) in [5, 5.41) is 3.72. The Kier molecular flexibility index (Phi) is 3.07. The smallest absolute Gasteiger partial charge is 0.267 e. The number of thiazole rings is 1. The number of carbonyl (C=O) groups is 1. The number of benzene rings is 1. The third-order valence-electron chi connectivity index (χ3n) is 1.85. The number of rotatable bonds is 2. The van der Waals surface area contributed by atoms with Gasteiger partial charge in [-0.1, -0.05) is 22.9 Å². The molecule has 0 fully saturated rings. The number of nitrogen functional groups attached to an aromatic ring is 1. The fourth-order valence-corrected chi connectivity index (χ4v) is 1.82. The Morgan fingerprint density at radius 2 is 2.06 bits per heavy atom. The van der Waals surface area contributed by atoms with Gasteiger partial charge in [0, 0.05) is 10.7 Å². The summed E-state index contributed by atoms with van der Waals surface area (Å²) in [4.78, 5) is 16.0. The molecule has 0 unspecified atom stereocenters. The quantitative estimate of drug-likeness (QED) is 0.865. The zero-order chi connectivity index (χ0) is 11.5. The molecule has 1 heterocycles. The Morgan fingerprint density at radius 3 is 2.62 bits per heavy atom. The first-order chi connectivity index (χ1) is 7.65. The van der Waals surface area contributed by atoms with E-state index in [1.807, 2.05) is 0 Å². The molecule has 3 N–H and O–H groups in total. The van der Waals surface area contributed by atoms with Crippen LogP contribution in [0.25, 0.3) is 0 Å². The fourth-order valence-electron chi connectivity index (χ4n) is 1.12. The van der Waals surface area contributed by atoms with E-state index >= 15 is 0 Å². The normalized spacial score (nSPS) is 10.1. The van der Waals surface area contributed by atoms with Crippen LogP contribution in [-0.4, -0.2) is 10.9 Å². The second-order valence-corrected chi connectivity index (χ2v) is 4.52. The van der Waals surface area contributed by atoms with E-state index in [4.69, 9.17) is 17.3 Å². The van der Waals surface area contributed by atoms with Crippen molar-refractivity contribution in [2.24, 2.45) is 0 Å². The van der Waals surface area contributed by atoms with Crippen molar-refractivity contribution in [1.29, 1.82) is 0 Å². The molecule has 0 aliphatic carbocycles. The molecule has 0 saturated heterocycles. The minimum atomic E-state index is -0.225. The summed E-state index contributed by atoms with van der Waals surface area (Å²) >= 11 is 6.88. The summed E-state index contributed by atoms with van der Waals surface area (Å²) in [6.45, 7) is 0. The summed E-state index contributed by atoms with van der Waals surface area (Å²) in [5.74, 6) is -0.225. The van der Waals surface area contributed by atoms with E-state index in [9.17, 15) is 4.79 Å². The van der Waals surface area contributed by atoms with Gasteiger partial charge in [-0.3, -0.25) is 4.79 Å². The zero-order valence-electron chi connectivity index (χ0n) is 8.11. The number of anilines is 2. The van der Waals surface area contributed by atoms with Crippen LogP contribution in [-0.2, 0) is 0 Å². The lowest BCUT2D eigenvalue weighted by Gasteiger charge is -2.02. The molecule has 0 radical (unpaired) electrons. The number of hydrogen-bond acceptors (Lipinski definition) is 4. The van der Waals surface area contributed by atoms with Gasteiger partial charge in [0.25, 0.3) is 5.91 Å². The van der Waals surface area contributed by atoms with Gasteiger partial charge in [0.15, 0.2) is 5.13 Å². The Balaban J connectivity index is 2.10. The van der Waals surface area contributed by atoms with Crippen LogP contribution >= 0.6 is 22.9 Å². The Bertz CT molecular complexity index is 509. The highest BCUT2D eigenvalue weighted by Gasteiger charge is 2.09. The highest BCUT2D eigenvalue weighted by Crippen LogP contribution is 2.18. The minimum Gasteiger partial charge on any atom is -0.375 e. The van der Waals surface area contributed by atoms with Gasteiger partial charge in [0.05, 0.1) is 6.20 Å². The zero-order valence-corrected chi connectivity index (χ0v) is 9.68. The van der Waals surface area contributed by atoms with E-state index < -0.39 is 0 Å². The van der Waals surface area contributed by atoms with Crippen LogP contribution in [0, 0.1) is 0 Å². The van der Waals surface area contributed by atoms with Crippen LogP contribution in [0.1, 0.15) is 9.67 Å². The van der Waals surface area contributed by atoms with Gasteiger partial charge < -0.3 is 11.1 Å². The van der Waals surface area contributed by atoms with Gasteiger partial charge in [-0.2, -0.15) is 0 Å². The van der Waals surface area contributed by atoms with Gasteiger partial charge in [-0.05, 0) is 24.3 Å². The Labute approximate surface area is 101 Å². The highest BCUT2D eigenvalue weighted by atomic mass is 35.5. The van der Waals surface area contributed by atoms with Crippen LogP contribution < -0.4 is 11.1 Å². The van der Waals surface area contributed by atoms with Crippen molar-refractivity contribution < 1.29 is 4.79 Å². The number of nitrogens with zero attached hydrogens (tertiary/aromatic N) is 1. The number of aromatic nitrogens is 1. The average molecular weight is 254 g/mol. The van der Waals surface area contributed by atoms with Gasteiger partial charge in [0.2, 0.25) is 0 Å². The molecule has 2 aromatic rings. The third-order valence-corrected chi connectivity index (χ3v) is 2.93. The molecule has 2 rings (SSSR count). The van der Waals surface area contributed by atoms with E-state index in [1.54, 1.807) is 24.3 Å². The highest BCUT2D eigenvalue weighted by molar-refractivity contribution is 7.17. The second kappa shape index (κ2) is 4.51. The lowest BCUT2D eigenvalue weighted by atomic mass is 10.3. The number of amides is 1. The van der Waals surface area contributed by atoms with Gasteiger partial charge >= 0.3 is 0 Å². The second-order valence-electron chi connectivity index (χ2n) is 3.02. The predicted octanol–water partition coefficient (Wildman–Crippen LogP) is 2.63. The molecule has 0 aliphatic rings. The molecule has 4 nitrogen and oxygen atoms in total. The van der Waals surface area contributed by atoms with Crippen LogP contribution in [0.5, 0.6) is 0 Å². The SMILES string of the molecule is Nc1ncc(C(=O)Nc2ccc(Cl)cc2)s1. The number of nitrogens with one attached hydrogen (secondary N) is 1. The summed E-state index contributed by atoms with van der Waals surface area (Å²) in [6.07, 6.45) is 1.45. The van der Waals surface area contributed by atoms with Crippen molar-refractivity contribution in [1.82, 2.24) is 4.98 Å². The molecule has 0 aliphatic heterocycles. The first-order valence-electron chi connectivity index (χ1n) is 4.43. The summed E-state index contributed by atoms with van der Waals surface area (Å²) in [5.41, 5.74) is 6.12. The number of carbonyl (C=O) groups excluding carboxylic acids is 1. The van der Waals surface area contributed by atoms with Crippen molar-refractivity contribution in [3.05, 3.63) is 40.4 Å². The monoisotopic (exact) mass is 253 g/mol. The van der Waals surface area contributed by atoms with Crippen LogP contribution in [0.15, 0.2) is 30.5 Å². The molecular formula is C10H8ClN3OS. The van der Waals surface area contributed by atoms with E-state index in [2.05, 4.69) is 10.3 Å². The van der Waals surface area contributed by atoms with Crippen molar-refractivity contribution in [2.75, 3.05) is 11.1 Å². The molecular weight excluding hydrogens is 246 g/mol. The number of hydrogen-bond donors (Lipinski definition) is 2. The maximum atomic E-state index is 11.7. The predicted molar refractivity (Wildman–Crippen MR) is 65.9 cm³/mol. The lowest BCUT2D eigenvalue weighted by Crippen LogP contribution is -2.09. The molecule has 16 heavy (non-hydrogen) atoms. The minimum absolute atomic E-state index is 0.225. The van der Waals surface area contributed by atoms with E-state index in [1.165, 1.54) is 6.20 Å². The Morgan fingerprint density at radius 1 is 1.38 bits per heavy atom. The molecule has 1 amide bonds. The fraction of sp³-hybridized carbons (Fsp3) is 0. The molecule has 1 aromatic heterocycles. The van der Waals surface area contributed by atoms with Crippen molar-refractivity contribution in [3.8, 4) is 0 Å². The van der Waals surface area contributed by atoms with Crippen LogP contribution in [0.4, 0.5) is 10.8 Å². The van der Waals surface area contributed by atoms with Crippen molar-refractivity contribution >= 4 is 39.7 Å². The van der Waals surface area contributed by atoms with Gasteiger partial charge in [-0.25, -0.2) is 4.98 Å². The molecule has 1 aromatic carbocycles. The van der Waals surface area contributed by atoms with Crippen LogP contribution in [0.3, 0.4) is 0 Å². The maximum absolute atomic E-state index is 11.7. The first kappa shape index (κ1) is 10.9. The lowest BCUT2D eigenvalue weighted by molar-refractivity contribution is 0.103. The van der Waals surface area contributed by atoms with Crippen LogP contribution in [0.2, 0.25) is 5.02 Å². The largest absolute Gasteiger partial charge is 0.375 e. The molecule has 82 valence electrons. The third kappa shape index (κ3) is 2.50. The Hall–Kier alpha value is -1.59. The average Bonchev–Trinajstić information content (AvgIpc) is 2.68. The molecule has 0 spiro atoms. The maximum Gasteiger partial charge on any atom is 0.267 e. The summed E-state index contributed by atoms with van der Waals surface area (Å²) in [7, 11) is 0. The topological polar surface area (TPSA) is 68.0 Å². The van der Waals surface area contributed by atoms with E-state index in [0.717, 1.165) is 11.3 Å². The van der Waals surface area contributed by atoms with E-state index in [-0.39, 0.29) is 5.91 Å². The molecule has 0 bridgehead atoms. The van der Waals surface area contributed by atoms with Gasteiger partial charge in [-0.15, -0.1) is 0 Å². The van der Waals surface area contributed by atoms with Gasteiger partial charge in [0.1, 0.15) is 4.88 Å². The summed E-state index contributed by atoms with van der Waals surface area (Å²) < 4.78 is 0. The molecule has 6 heteroatoms. The number of nitrogens with two attached hydrogens (primary N) is 1. The van der Waals surface area contributed by atoms with E-state index in [0.29, 0.717) is 20.7 Å². The first-order valence-corrected chi connectivity index (χ1v) is 5.63. The standard InChI is InChI=1S/C10H8ClN3OS/c11-6-1-3-7(4-2-6)14-9(15)8-5-13-10(12)16-8/h1-5H,(H2,12,13)(H,14,15). The number of halogens is 1. The summed E-state index contributed by atoms with van der Waals surface area (Å²) in [6, 6.07) is 6.87. The van der Waals surface area contributed by atoms with Crippen molar-refractivity contribution in [3.63, 3.8) is 0 Å². The van der Waals surface area contributed by atoms with Crippen molar-refractivity contribution in [2.45, 2.75) is 0 Å². The molecule has 0 atom stereocenters. The molecule has 0 saturated carbocycles.